The molecular weight excluding hydrogens is 322 g/mol. The molecule has 2 heterocycles. The lowest BCUT2D eigenvalue weighted by molar-refractivity contribution is 0.344. The van der Waals surface area contributed by atoms with Gasteiger partial charge in [-0.05, 0) is 52.5 Å². The van der Waals surface area contributed by atoms with Gasteiger partial charge in [-0.1, -0.05) is 6.07 Å². The third kappa shape index (κ3) is 2.42. The van der Waals surface area contributed by atoms with E-state index in [0.717, 1.165) is 12.3 Å². The molecule has 3 rings (SSSR count). The summed E-state index contributed by atoms with van der Waals surface area (Å²) in [5.74, 6) is 0.962. The van der Waals surface area contributed by atoms with Crippen molar-refractivity contribution in [3.63, 3.8) is 0 Å². The minimum atomic E-state index is 0.695. The predicted molar refractivity (Wildman–Crippen MR) is 84.2 cm³/mol. The molecule has 0 saturated heterocycles. The number of halogens is 1. The minimum Gasteiger partial charge on any atom is -0.493 e. The fourth-order valence-corrected chi connectivity index (χ4v) is 3.68. The Balaban J connectivity index is 2.01. The molecule has 1 aromatic carbocycles. The van der Waals surface area contributed by atoms with Crippen LogP contribution in [0, 0.1) is 0 Å². The maximum absolute atomic E-state index is 5.67. The van der Waals surface area contributed by atoms with Crippen molar-refractivity contribution in [2.24, 2.45) is 0 Å². The molecule has 0 spiro atoms. The smallest absolute Gasteiger partial charge is 0.128 e. The molecule has 4 heteroatoms. The molecule has 0 aliphatic rings. The number of benzene rings is 1. The molecule has 0 bridgehead atoms. The molecule has 3 aromatic rings. The van der Waals surface area contributed by atoms with Crippen LogP contribution in [-0.4, -0.2) is 11.2 Å². The SMILES string of the molecule is CCOc1cccc2c1ccn2Cc1sccc1Br. The van der Waals surface area contributed by atoms with E-state index in [2.05, 4.69) is 50.3 Å². The number of thiophene rings is 1. The number of nitrogens with zero attached hydrogens (tertiary/aromatic N) is 1. The average Bonchev–Trinajstić information content (AvgIpc) is 2.99. The summed E-state index contributed by atoms with van der Waals surface area (Å²) in [6.07, 6.45) is 2.12. The van der Waals surface area contributed by atoms with Crippen LogP contribution in [-0.2, 0) is 6.54 Å². The molecule has 0 unspecified atom stereocenters. The van der Waals surface area contributed by atoms with Crippen molar-refractivity contribution in [3.05, 3.63) is 51.3 Å². The Morgan fingerprint density at radius 1 is 1.26 bits per heavy atom. The Labute approximate surface area is 124 Å². The number of hydrogen-bond acceptors (Lipinski definition) is 2. The number of ether oxygens (including phenoxy) is 1. The highest BCUT2D eigenvalue weighted by molar-refractivity contribution is 9.10. The number of aromatic nitrogens is 1. The van der Waals surface area contributed by atoms with E-state index in [9.17, 15) is 0 Å². The second-order valence-electron chi connectivity index (χ2n) is 4.26. The first kappa shape index (κ1) is 12.8. The first-order valence-corrected chi connectivity index (χ1v) is 7.89. The molecule has 0 saturated carbocycles. The summed E-state index contributed by atoms with van der Waals surface area (Å²) in [7, 11) is 0. The number of hydrogen-bond donors (Lipinski definition) is 0. The molecule has 0 N–H and O–H groups in total. The van der Waals surface area contributed by atoms with Crippen LogP contribution >= 0.6 is 27.3 Å². The van der Waals surface area contributed by atoms with E-state index in [1.54, 1.807) is 11.3 Å². The minimum absolute atomic E-state index is 0.695. The Hall–Kier alpha value is -1.26. The van der Waals surface area contributed by atoms with Crippen LogP contribution in [0.1, 0.15) is 11.8 Å². The average molecular weight is 336 g/mol. The summed E-state index contributed by atoms with van der Waals surface area (Å²) in [6, 6.07) is 10.4. The molecule has 0 fully saturated rings. The summed E-state index contributed by atoms with van der Waals surface area (Å²) in [5, 5.41) is 3.29. The van der Waals surface area contributed by atoms with Gasteiger partial charge in [0, 0.05) is 20.9 Å². The Morgan fingerprint density at radius 2 is 2.16 bits per heavy atom. The summed E-state index contributed by atoms with van der Waals surface area (Å²) >= 11 is 5.36. The van der Waals surface area contributed by atoms with Crippen LogP contribution in [0.5, 0.6) is 5.75 Å². The number of rotatable bonds is 4. The molecule has 19 heavy (non-hydrogen) atoms. The van der Waals surface area contributed by atoms with Crippen molar-refractivity contribution in [1.82, 2.24) is 4.57 Å². The molecule has 2 aromatic heterocycles. The van der Waals surface area contributed by atoms with Gasteiger partial charge in [0.15, 0.2) is 0 Å². The topological polar surface area (TPSA) is 14.2 Å². The van der Waals surface area contributed by atoms with Crippen LogP contribution < -0.4 is 4.74 Å². The fraction of sp³-hybridized carbons (Fsp3) is 0.200. The van der Waals surface area contributed by atoms with Gasteiger partial charge >= 0.3 is 0 Å². The molecule has 0 radical (unpaired) electrons. The monoisotopic (exact) mass is 335 g/mol. The van der Waals surface area contributed by atoms with Crippen LogP contribution in [0.3, 0.4) is 0 Å². The third-order valence-electron chi connectivity index (χ3n) is 3.08. The van der Waals surface area contributed by atoms with E-state index >= 15 is 0 Å². The van der Waals surface area contributed by atoms with E-state index in [1.165, 1.54) is 20.3 Å². The Kier molecular flexibility index (Phi) is 3.62. The first-order valence-electron chi connectivity index (χ1n) is 6.22. The van der Waals surface area contributed by atoms with E-state index in [-0.39, 0.29) is 0 Å². The van der Waals surface area contributed by atoms with Crippen LogP contribution in [0.2, 0.25) is 0 Å². The standard InChI is InChI=1S/C15H14BrNOS/c1-2-18-14-5-3-4-13-11(14)6-8-17(13)10-15-12(16)7-9-19-15/h3-9H,2,10H2,1H3. The molecule has 0 aliphatic heterocycles. The van der Waals surface area contributed by atoms with Crippen molar-refractivity contribution < 1.29 is 4.74 Å². The molecule has 2 nitrogen and oxygen atoms in total. The maximum Gasteiger partial charge on any atom is 0.128 e. The van der Waals surface area contributed by atoms with Gasteiger partial charge in [-0.25, -0.2) is 0 Å². The maximum atomic E-state index is 5.67. The zero-order valence-electron chi connectivity index (χ0n) is 10.6. The van der Waals surface area contributed by atoms with Crippen molar-refractivity contribution >= 4 is 38.2 Å². The van der Waals surface area contributed by atoms with Crippen LogP contribution in [0.15, 0.2) is 46.4 Å². The van der Waals surface area contributed by atoms with Gasteiger partial charge in [0.2, 0.25) is 0 Å². The molecule has 0 atom stereocenters. The van der Waals surface area contributed by atoms with E-state index < -0.39 is 0 Å². The fourth-order valence-electron chi connectivity index (χ4n) is 2.21. The highest BCUT2D eigenvalue weighted by Crippen LogP contribution is 2.29. The van der Waals surface area contributed by atoms with Crippen LogP contribution in [0.25, 0.3) is 10.9 Å². The van der Waals surface area contributed by atoms with Gasteiger partial charge in [-0.15, -0.1) is 11.3 Å². The highest BCUT2D eigenvalue weighted by atomic mass is 79.9. The summed E-state index contributed by atoms with van der Waals surface area (Å²) in [4.78, 5) is 1.33. The predicted octanol–water partition coefficient (Wildman–Crippen LogP) is 4.91. The Bertz CT molecular complexity index is 701. The van der Waals surface area contributed by atoms with E-state index in [1.807, 2.05) is 19.1 Å². The van der Waals surface area contributed by atoms with E-state index in [4.69, 9.17) is 4.74 Å². The summed E-state index contributed by atoms with van der Waals surface area (Å²) in [6.45, 7) is 3.59. The quantitative estimate of drug-likeness (QED) is 0.660. The first-order chi connectivity index (χ1) is 9.29. The lowest BCUT2D eigenvalue weighted by atomic mass is 10.2. The largest absolute Gasteiger partial charge is 0.493 e. The zero-order valence-corrected chi connectivity index (χ0v) is 13.0. The van der Waals surface area contributed by atoms with Gasteiger partial charge in [-0.2, -0.15) is 0 Å². The second kappa shape index (κ2) is 5.39. The van der Waals surface area contributed by atoms with Gasteiger partial charge < -0.3 is 9.30 Å². The molecule has 98 valence electrons. The van der Waals surface area contributed by atoms with Gasteiger partial charge in [0.1, 0.15) is 5.75 Å². The lowest BCUT2D eigenvalue weighted by Gasteiger charge is -2.07. The molecule has 0 aliphatic carbocycles. The Morgan fingerprint density at radius 3 is 2.89 bits per heavy atom. The van der Waals surface area contributed by atoms with Crippen molar-refractivity contribution in [3.8, 4) is 5.75 Å². The third-order valence-corrected chi connectivity index (χ3v) is 4.99. The zero-order chi connectivity index (χ0) is 13.2. The van der Waals surface area contributed by atoms with E-state index in [0.29, 0.717) is 6.61 Å². The van der Waals surface area contributed by atoms with Gasteiger partial charge in [0.05, 0.1) is 18.7 Å². The van der Waals surface area contributed by atoms with Crippen molar-refractivity contribution in [2.75, 3.05) is 6.61 Å². The highest BCUT2D eigenvalue weighted by Gasteiger charge is 2.08. The van der Waals surface area contributed by atoms with Crippen molar-refractivity contribution in [2.45, 2.75) is 13.5 Å². The van der Waals surface area contributed by atoms with Gasteiger partial charge in [-0.3, -0.25) is 0 Å². The second-order valence-corrected chi connectivity index (χ2v) is 6.11. The normalized spacial score (nSPS) is 11.1. The van der Waals surface area contributed by atoms with Gasteiger partial charge in [0.25, 0.3) is 0 Å². The lowest BCUT2D eigenvalue weighted by Crippen LogP contribution is -1.97. The molecule has 0 amide bonds. The molecular formula is C15H14BrNOS. The summed E-state index contributed by atoms with van der Waals surface area (Å²) < 4.78 is 9.11. The number of fused-ring (bicyclic) bond motifs is 1. The van der Waals surface area contributed by atoms with Crippen LogP contribution in [0.4, 0.5) is 0 Å². The summed E-state index contributed by atoms with van der Waals surface area (Å²) in [5.41, 5.74) is 1.21. The van der Waals surface area contributed by atoms with Crippen molar-refractivity contribution in [1.29, 1.82) is 0 Å².